The molecule has 0 unspecified atom stereocenters. The Bertz CT molecular complexity index is 541. The van der Waals surface area contributed by atoms with Crippen molar-refractivity contribution < 1.29 is 9.53 Å². The van der Waals surface area contributed by atoms with Crippen molar-refractivity contribution in [3.63, 3.8) is 0 Å². The van der Waals surface area contributed by atoms with Crippen molar-refractivity contribution in [1.82, 2.24) is 15.3 Å². The molecule has 0 aliphatic heterocycles. The van der Waals surface area contributed by atoms with Crippen LogP contribution in [0.3, 0.4) is 0 Å². The number of hydrogen-bond donors (Lipinski definition) is 1. The second-order valence-electron chi connectivity index (χ2n) is 4.27. The highest BCUT2D eigenvalue weighted by molar-refractivity contribution is 5.91. The molecule has 0 bridgehead atoms. The molecule has 0 fully saturated rings. The van der Waals surface area contributed by atoms with Crippen molar-refractivity contribution in [2.75, 3.05) is 6.61 Å². The molecule has 20 heavy (non-hydrogen) atoms. The van der Waals surface area contributed by atoms with Crippen LogP contribution >= 0.6 is 0 Å². The van der Waals surface area contributed by atoms with Crippen LogP contribution in [0.15, 0.2) is 42.9 Å². The number of amides is 1. The summed E-state index contributed by atoms with van der Waals surface area (Å²) in [6, 6.07) is 7.67. The summed E-state index contributed by atoms with van der Waals surface area (Å²) in [7, 11) is 0. The van der Waals surface area contributed by atoms with E-state index in [0.29, 0.717) is 18.8 Å². The Morgan fingerprint density at radius 3 is 2.70 bits per heavy atom. The smallest absolute Gasteiger partial charge is 0.271 e. The first kappa shape index (κ1) is 14.0. The van der Waals surface area contributed by atoms with E-state index in [-0.39, 0.29) is 5.91 Å². The van der Waals surface area contributed by atoms with Gasteiger partial charge in [-0.05, 0) is 24.1 Å². The van der Waals surface area contributed by atoms with Crippen molar-refractivity contribution >= 4 is 5.91 Å². The lowest BCUT2D eigenvalue weighted by molar-refractivity contribution is 0.0945. The largest absolute Gasteiger partial charge is 0.494 e. The fraction of sp³-hybridized carbons (Fsp3) is 0.267. The highest BCUT2D eigenvalue weighted by Crippen LogP contribution is 2.12. The van der Waals surface area contributed by atoms with Crippen molar-refractivity contribution in [3.8, 4) is 5.75 Å². The van der Waals surface area contributed by atoms with Gasteiger partial charge in [-0.2, -0.15) is 0 Å². The minimum absolute atomic E-state index is 0.232. The number of hydrogen-bond acceptors (Lipinski definition) is 4. The Morgan fingerprint density at radius 1 is 1.25 bits per heavy atom. The van der Waals surface area contributed by atoms with Gasteiger partial charge in [-0.15, -0.1) is 0 Å². The second-order valence-corrected chi connectivity index (χ2v) is 4.27. The highest BCUT2D eigenvalue weighted by atomic mass is 16.5. The quantitative estimate of drug-likeness (QED) is 0.874. The number of ether oxygens (including phenoxy) is 1. The Hall–Kier alpha value is -2.43. The molecule has 0 radical (unpaired) electrons. The van der Waals surface area contributed by atoms with Gasteiger partial charge in [0.15, 0.2) is 0 Å². The third-order valence-electron chi connectivity index (χ3n) is 2.65. The van der Waals surface area contributed by atoms with E-state index in [0.717, 1.165) is 17.7 Å². The van der Waals surface area contributed by atoms with Gasteiger partial charge in [-0.3, -0.25) is 9.78 Å². The maximum absolute atomic E-state index is 11.8. The monoisotopic (exact) mass is 271 g/mol. The van der Waals surface area contributed by atoms with Crippen LogP contribution in [0.5, 0.6) is 5.75 Å². The van der Waals surface area contributed by atoms with Crippen LogP contribution in [-0.2, 0) is 6.54 Å². The molecule has 1 aromatic heterocycles. The zero-order chi connectivity index (χ0) is 14.2. The van der Waals surface area contributed by atoms with Crippen LogP contribution < -0.4 is 10.1 Å². The summed E-state index contributed by atoms with van der Waals surface area (Å²) in [6.07, 6.45) is 5.45. The van der Waals surface area contributed by atoms with Crippen LogP contribution in [0.2, 0.25) is 0 Å². The molecular formula is C15H17N3O2. The lowest BCUT2D eigenvalue weighted by Crippen LogP contribution is -2.23. The molecule has 1 N–H and O–H groups in total. The van der Waals surface area contributed by atoms with E-state index in [1.54, 1.807) is 0 Å². The average molecular weight is 271 g/mol. The van der Waals surface area contributed by atoms with Crippen molar-refractivity contribution in [2.24, 2.45) is 0 Å². The van der Waals surface area contributed by atoms with E-state index in [4.69, 9.17) is 4.74 Å². The minimum atomic E-state index is -0.232. The molecule has 0 aliphatic carbocycles. The number of nitrogens with one attached hydrogen (secondary N) is 1. The van der Waals surface area contributed by atoms with Crippen molar-refractivity contribution in [2.45, 2.75) is 19.9 Å². The van der Waals surface area contributed by atoms with Gasteiger partial charge in [0.2, 0.25) is 0 Å². The predicted molar refractivity (Wildman–Crippen MR) is 75.4 cm³/mol. The highest BCUT2D eigenvalue weighted by Gasteiger charge is 2.06. The fourth-order valence-electron chi connectivity index (χ4n) is 1.61. The molecule has 0 spiro atoms. The Kier molecular flexibility index (Phi) is 5.06. The molecule has 2 aromatic rings. The summed E-state index contributed by atoms with van der Waals surface area (Å²) in [4.78, 5) is 19.6. The molecule has 5 nitrogen and oxygen atoms in total. The first-order valence-corrected chi connectivity index (χ1v) is 6.55. The molecule has 0 aliphatic rings. The fourth-order valence-corrected chi connectivity index (χ4v) is 1.61. The van der Waals surface area contributed by atoms with Crippen molar-refractivity contribution in [1.29, 1.82) is 0 Å². The van der Waals surface area contributed by atoms with E-state index in [2.05, 4.69) is 22.2 Å². The third-order valence-corrected chi connectivity index (χ3v) is 2.65. The Balaban J connectivity index is 1.86. The molecule has 104 valence electrons. The van der Waals surface area contributed by atoms with Crippen molar-refractivity contribution in [3.05, 3.63) is 54.1 Å². The van der Waals surface area contributed by atoms with E-state index >= 15 is 0 Å². The van der Waals surface area contributed by atoms with Gasteiger partial charge in [0.05, 0.1) is 12.8 Å². The van der Waals surface area contributed by atoms with E-state index in [1.807, 2.05) is 24.3 Å². The first-order chi connectivity index (χ1) is 9.79. The predicted octanol–water partition coefficient (Wildman–Crippen LogP) is 2.20. The van der Waals surface area contributed by atoms with E-state index < -0.39 is 0 Å². The average Bonchev–Trinajstić information content (AvgIpc) is 2.52. The van der Waals surface area contributed by atoms with Gasteiger partial charge in [0.25, 0.3) is 5.91 Å². The summed E-state index contributed by atoms with van der Waals surface area (Å²) in [5.41, 5.74) is 1.32. The number of carbonyl (C=O) groups is 1. The number of nitrogens with zero attached hydrogens (tertiary/aromatic N) is 2. The Labute approximate surface area is 118 Å². The normalized spacial score (nSPS) is 10.1. The van der Waals surface area contributed by atoms with Gasteiger partial charge in [-0.25, -0.2) is 4.98 Å². The minimum Gasteiger partial charge on any atom is -0.494 e. The van der Waals surface area contributed by atoms with Gasteiger partial charge in [0, 0.05) is 18.9 Å². The van der Waals surface area contributed by atoms with Gasteiger partial charge < -0.3 is 10.1 Å². The van der Waals surface area contributed by atoms with Crippen LogP contribution in [0.25, 0.3) is 0 Å². The zero-order valence-corrected chi connectivity index (χ0v) is 11.4. The topological polar surface area (TPSA) is 64.1 Å². The third kappa shape index (κ3) is 4.05. The molecule has 0 saturated carbocycles. The van der Waals surface area contributed by atoms with Crippen LogP contribution in [0, 0.1) is 0 Å². The molecule has 0 saturated heterocycles. The number of benzene rings is 1. The maximum atomic E-state index is 11.8. The molecule has 2 rings (SSSR count). The lowest BCUT2D eigenvalue weighted by Gasteiger charge is -2.07. The molecule has 1 heterocycles. The first-order valence-electron chi connectivity index (χ1n) is 6.55. The maximum Gasteiger partial charge on any atom is 0.271 e. The zero-order valence-electron chi connectivity index (χ0n) is 11.4. The molecular weight excluding hydrogens is 254 g/mol. The summed E-state index contributed by atoms with van der Waals surface area (Å²) < 4.78 is 5.50. The summed E-state index contributed by atoms with van der Waals surface area (Å²) in [5, 5.41) is 2.80. The second kappa shape index (κ2) is 7.23. The summed E-state index contributed by atoms with van der Waals surface area (Å²) in [5.74, 6) is 0.611. The molecule has 1 amide bonds. The standard InChI is InChI=1S/C15H17N3O2/c1-2-9-20-13-5-3-12(4-6-13)10-18-15(19)14-11-16-7-8-17-14/h3-8,11H,2,9-10H2,1H3,(H,18,19). The van der Waals surface area contributed by atoms with E-state index in [9.17, 15) is 4.79 Å². The number of rotatable bonds is 6. The van der Waals surface area contributed by atoms with Gasteiger partial charge in [0.1, 0.15) is 11.4 Å². The Morgan fingerprint density at radius 2 is 2.05 bits per heavy atom. The molecule has 1 aromatic carbocycles. The SMILES string of the molecule is CCCOc1ccc(CNC(=O)c2cnccn2)cc1. The lowest BCUT2D eigenvalue weighted by atomic mass is 10.2. The van der Waals surface area contributed by atoms with Crippen LogP contribution in [0.1, 0.15) is 29.4 Å². The number of carbonyl (C=O) groups excluding carboxylic acids is 1. The summed E-state index contributed by atoms with van der Waals surface area (Å²) >= 11 is 0. The number of aromatic nitrogens is 2. The van der Waals surface area contributed by atoms with E-state index in [1.165, 1.54) is 18.6 Å². The van der Waals surface area contributed by atoms with Crippen LogP contribution in [-0.4, -0.2) is 22.5 Å². The van der Waals surface area contributed by atoms with Gasteiger partial charge >= 0.3 is 0 Å². The molecule has 0 atom stereocenters. The summed E-state index contributed by atoms with van der Waals surface area (Å²) in [6.45, 7) is 3.22. The molecule has 5 heteroatoms. The van der Waals surface area contributed by atoms with Crippen LogP contribution in [0.4, 0.5) is 0 Å². The van der Waals surface area contributed by atoms with Gasteiger partial charge in [-0.1, -0.05) is 19.1 Å².